The molecule has 2 heterocycles. The normalized spacial score (nSPS) is 9.50. The van der Waals surface area contributed by atoms with Gasteiger partial charge in [0, 0.05) is 23.6 Å². The van der Waals surface area contributed by atoms with Crippen molar-refractivity contribution < 1.29 is 26.9 Å². The lowest BCUT2D eigenvalue weighted by molar-refractivity contribution is -0.510. The van der Waals surface area contributed by atoms with E-state index < -0.39 is 0 Å². The first-order valence-corrected chi connectivity index (χ1v) is 4.72. The molecule has 3 rings (SSSR count). The minimum absolute atomic E-state index is 0. The van der Waals surface area contributed by atoms with Crippen molar-refractivity contribution in [3.8, 4) is 0 Å². The zero-order chi connectivity index (χ0) is 9.38. The molecule has 0 amide bonds. The Kier molecular flexibility index (Phi) is 3.99. The van der Waals surface area contributed by atoms with Crippen LogP contribution in [0.3, 0.4) is 0 Å². The van der Waals surface area contributed by atoms with E-state index in [1.807, 2.05) is 6.07 Å². The van der Waals surface area contributed by atoms with Crippen LogP contribution in [-0.4, -0.2) is 5.48 Å². The summed E-state index contributed by atoms with van der Waals surface area (Å²) in [7, 11) is 0. The van der Waals surface area contributed by atoms with E-state index in [1.165, 1.54) is 16.3 Å². The Bertz CT molecular complexity index is 505. The fourth-order valence-corrected chi connectivity index (χ4v) is 1.78. The van der Waals surface area contributed by atoms with Gasteiger partial charge < -0.3 is 22.5 Å². The first kappa shape index (κ1) is 12.6. The highest BCUT2D eigenvalue weighted by Gasteiger charge is 2.02. The molecule has 3 heteroatoms. The number of benzene rings is 1. The molecule has 16 heavy (non-hydrogen) atoms. The van der Waals surface area contributed by atoms with E-state index in [-0.39, 0.29) is 22.5 Å². The van der Waals surface area contributed by atoms with Crippen LogP contribution >= 0.6 is 0 Å². The maximum Gasteiger partial charge on any atom is 0.211 e. The molecule has 0 fully saturated rings. The van der Waals surface area contributed by atoms with Gasteiger partial charge in [-0.05, 0) is 17.5 Å². The number of rotatable bonds is 0. The van der Waals surface area contributed by atoms with Crippen LogP contribution in [0.15, 0.2) is 60.9 Å². The molecule has 2 N–H and O–H groups in total. The molecular weight excluding hydrogens is 266 g/mol. The Labute approximate surface area is 104 Å². The molecule has 1 aromatic carbocycles. The Morgan fingerprint density at radius 2 is 1.50 bits per heavy atom. The van der Waals surface area contributed by atoms with Crippen LogP contribution in [0, 0.1) is 0 Å². The molecule has 2 nitrogen and oxygen atoms in total. The van der Waals surface area contributed by atoms with Crippen LogP contribution in [0.2, 0.25) is 0 Å². The van der Waals surface area contributed by atoms with Gasteiger partial charge >= 0.3 is 0 Å². The minimum atomic E-state index is 0. The van der Waals surface area contributed by atoms with E-state index in [1.54, 1.807) is 0 Å². The topological polar surface area (TPSA) is 35.6 Å². The fourth-order valence-electron chi connectivity index (χ4n) is 1.78. The molecule has 0 atom stereocenters. The number of hydrogen-bond donors (Lipinski definition) is 0. The highest BCUT2D eigenvalue weighted by atomic mass is 79.9. The highest BCUT2D eigenvalue weighted by Crippen LogP contribution is 2.12. The molecule has 3 aromatic rings. The smallest absolute Gasteiger partial charge is 0.211 e. The monoisotopic (exact) mass is 277 g/mol. The number of fused-ring (bicyclic) bond motifs is 2. The van der Waals surface area contributed by atoms with Crippen LogP contribution in [0.25, 0.3) is 16.3 Å². The van der Waals surface area contributed by atoms with Crippen molar-refractivity contribution >= 4 is 16.3 Å². The van der Waals surface area contributed by atoms with E-state index in [9.17, 15) is 0 Å². The van der Waals surface area contributed by atoms with Crippen LogP contribution in [0.5, 0.6) is 0 Å². The number of hydrogen-bond acceptors (Lipinski definition) is 0. The lowest BCUT2D eigenvalue weighted by Gasteiger charge is -1.95. The lowest BCUT2D eigenvalue weighted by atomic mass is 10.1. The third-order valence-electron chi connectivity index (χ3n) is 2.50. The van der Waals surface area contributed by atoms with Gasteiger partial charge in [0.05, 0.1) is 0 Å². The van der Waals surface area contributed by atoms with E-state index in [4.69, 9.17) is 0 Å². The molecule has 2 aromatic heterocycles. The largest absolute Gasteiger partial charge is 1.00 e. The zero-order valence-electron chi connectivity index (χ0n) is 8.60. The SMILES string of the molecule is O.[Br-].c1ccc2c[n+]3ccccc3cc2c1. The molecular formula is C13H12BrNO. The second-order valence-electron chi connectivity index (χ2n) is 3.44. The van der Waals surface area contributed by atoms with Crippen molar-refractivity contribution in [3.05, 3.63) is 60.9 Å². The third-order valence-corrected chi connectivity index (χ3v) is 2.50. The molecule has 0 saturated heterocycles. The summed E-state index contributed by atoms with van der Waals surface area (Å²) in [6.45, 7) is 0. The summed E-state index contributed by atoms with van der Waals surface area (Å²) in [5.74, 6) is 0. The maximum atomic E-state index is 2.20. The number of nitrogens with zero attached hydrogens (tertiary/aromatic N) is 1. The van der Waals surface area contributed by atoms with E-state index in [2.05, 4.69) is 59.3 Å². The molecule has 0 aliphatic rings. The van der Waals surface area contributed by atoms with Crippen LogP contribution in [0.4, 0.5) is 0 Å². The standard InChI is InChI=1S/C13H10N.BrH.H2O/c1-2-6-12-10-14-8-4-3-7-13(14)9-11(12)5-1;;/h1-10H;1H;1H2/q+1;;/p-1. The fraction of sp³-hybridized carbons (Fsp3) is 0. The Morgan fingerprint density at radius 1 is 0.812 bits per heavy atom. The molecule has 0 aliphatic heterocycles. The number of pyridine rings is 2. The maximum absolute atomic E-state index is 2.20. The van der Waals surface area contributed by atoms with Crippen molar-refractivity contribution in [1.29, 1.82) is 0 Å². The first-order chi connectivity index (χ1) is 6.93. The summed E-state index contributed by atoms with van der Waals surface area (Å²) in [4.78, 5) is 0. The Hall–Kier alpha value is -1.45. The summed E-state index contributed by atoms with van der Waals surface area (Å²) in [6.07, 6.45) is 4.23. The molecule has 0 radical (unpaired) electrons. The second-order valence-corrected chi connectivity index (χ2v) is 3.44. The predicted molar refractivity (Wildman–Crippen MR) is 60.7 cm³/mol. The predicted octanol–water partition coefficient (Wildman–Crippen LogP) is -1.24. The minimum Gasteiger partial charge on any atom is -1.00 e. The van der Waals surface area contributed by atoms with E-state index in [0.29, 0.717) is 0 Å². The molecule has 0 unspecified atom stereocenters. The molecule has 0 saturated carbocycles. The lowest BCUT2D eigenvalue weighted by Crippen LogP contribution is -3.00. The number of halogens is 1. The second kappa shape index (κ2) is 5.05. The van der Waals surface area contributed by atoms with Gasteiger partial charge in [0.2, 0.25) is 5.52 Å². The van der Waals surface area contributed by atoms with Gasteiger partial charge in [0.15, 0.2) is 12.4 Å². The van der Waals surface area contributed by atoms with Gasteiger partial charge in [-0.2, -0.15) is 4.40 Å². The van der Waals surface area contributed by atoms with Gasteiger partial charge in [0.25, 0.3) is 0 Å². The zero-order valence-corrected chi connectivity index (χ0v) is 10.2. The highest BCUT2D eigenvalue weighted by molar-refractivity contribution is 5.83. The van der Waals surface area contributed by atoms with Gasteiger partial charge in [-0.1, -0.05) is 18.2 Å². The Balaban J connectivity index is 0.000000640. The average molecular weight is 278 g/mol. The van der Waals surface area contributed by atoms with Crippen molar-refractivity contribution in [2.24, 2.45) is 0 Å². The van der Waals surface area contributed by atoms with Crippen molar-refractivity contribution in [2.75, 3.05) is 0 Å². The van der Waals surface area contributed by atoms with Gasteiger partial charge in [-0.25, -0.2) is 0 Å². The van der Waals surface area contributed by atoms with Crippen LogP contribution in [-0.2, 0) is 0 Å². The summed E-state index contributed by atoms with van der Waals surface area (Å²) < 4.78 is 2.14. The average Bonchev–Trinajstić information content (AvgIpc) is 2.26. The quantitative estimate of drug-likeness (QED) is 0.364. The van der Waals surface area contributed by atoms with Gasteiger partial charge in [-0.3, -0.25) is 0 Å². The van der Waals surface area contributed by atoms with E-state index in [0.717, 1.165) is 0 Å². The first-order valence-electron chi connectivity index (χ1n) is 4.72. The van der Waals surface area contributed by atoms with Crippen molar-refractivity contribution in [2.45, 2.75) is 0 Å². The van der Waals surface area contributed by atoms with Gasteiger partial charge in [-0.15, -0.1) is 0 Å². The molecule has 0 bridgehead atoms. The molecule has 82 valence electrons. The summed E-state index contributed by atoms with van der Waals surface area (Å²) in [5, 5.41) is 2.56. The number of aromatic nitrogens is 1. The molecule has 0 aliphatic carbocycles. The van der Waals surface area contributed by atoms with Crippen molar-refractivity contribution in [1.82, 2.24) is 0 Å². The van der Waals surface area contributed by atoms with Crippen LogP contribution in [0.1, 0.15) is 0 Å². The van der Waals surface area contributed by atoms with Crippen LogP contribution < -0.4 is 21.4 Å². The van der Waals surface area contributed by atoms with E-state index >= 15 is 0 Å². The van der Waals surface area contributed by atoms with Gasteiger partial charge in [0.1, 0.15) is 0 Å². The Morgan fingerprint density at radius 3 is 2.31 bits per heavy atom. The molecule has 0 spiro atoms. The van der Waals surface area contributed by atoms with Crippen molar-refractivity contribution in [3.63, 3.8) is 0 Å². The summed E-state index contributed by atoms with van der Waals surface area (Å²) in [6, 6.07) is 16.8. The summed E-state index contributed by atoms with van der Waals surface area (Å²) in [5.41, 5.74) is 1.23. The third kappa shape index (κ3) is 2.05. The summed E-state index contributed by atoms with van der Waals surface area (Å²) >= 11 is 0.